The van der Waals surface area contributed by atoms with E-state index in [2.05, 4.69) is 4.98 Å². The second-order valence-corrected chi connectivity index (χ2v) is 5.59. The molecule has 1 aromatic heterocycles. The van der Waals surface area contributed by atoms with Crippen molar-refractivity contribution in [2.75, 3.05) is 20.0 Å². The highest BCUT2D eigenvalue weighted by Gasteiger charge is 2.17. The van der Waals surface area contributed by atoms with Crippen LogP contribution in [0.1, 0.15) is 5.69 Å². The van der Waals surface area contributed by atoms with E-state index in [0.29, 0.717) is 17.2 Å². The van der Waals surface area contributed by atoms with Crippen LogP contribution >= 0.6 is 0 Å². The molecule has 0 spiro atoms. The molecule has 112 valence electrons. The molecule has 2 rings (SSSR count). The molecule has 1 aromatic carbocycles. The summed E-state index contributed by atoms with van der Waals surface area (Å²) < 4.78 is 36.5. The molecule has 5 nitrogen and oxygen atoms in total. The fourth-order valence-corrected chi connectivity index (χ4v) is 2.96. The number of hydrogen-bond donors (Lipinski definition) is 1. The molecule has 0 radical (unpaired) electrons. The number of pyridine rings is 1. The van der Waals surface area contributed by atoms with Gasteiger partial charge < -0.3 is 15.2 Å². The average Bonchev–Trinajstić information content (AvgIpc) is 2.46. The zero-order chi connectivity index (χ0) is 15.4. The monoisotopic (exact) mass is 310 g/mol. The van der Waals surface area contributed by atoms with Crippen LogP contribution in [-0.4, -0.2) is 23.4 Å². The lowest BCUT2D eigenvalue weighted by atomic mass is 10.3. The van der Waals surface area contributed by atoms with Crippen molar-refractivity contribution in [2.45, 2.75) is 10.6 Å². The minimum absolute atomic E-state index is 0.0151. The molecule has 2 N–H and O–H groups in total. The van der Waals surface area contributed by atoms with Gasteiger partial charge in [-0.05, 0) is 18.2 Å². The van der Waals surface area contributed by atoms with Gasteiger partial charge in [0.25, 0.3) is 0 Å². The van der Waals surface area contributed by atoms with Crippen LogP contribution in [-0.2, 0) is 16.6 Å². The van der Waals surface area contributed by atoms with E-state index in [0.717, 1.165) is 6.07 Å². The molecule has 0 fully saturated rings. The lowest BCUT2D eigenvalue weighted by Crippen LogP contribution is -2.05. The molecule has 1 unspecified atom stereocenters. The van der Waals surface area contributed by atoms with Crippen molar-refractivity contribution in [3.63, 3.8) is 0 Å². The Morgan fingerprint density at radius 3 is 2.67 bits per heavy atom. The Morgan fingerprint density at radius 1 is 1.29 bits per heavy atom. The first-order chi connectivity index (χ1) is 10.1. The Hall–Kier alpha value is -2.15. The summed E-state index contributed by atoms with van der Waals surface area (Å²) >= 11 is 0. The summed E-state index contributed by atoms with van der Waals surface area (Å²) in [5.41, 5.74) is 6.20. The van der Waals surface area contributed by atoms with Gasteiger partial charge in [0.05, 0.1) is 41.4 Å². The van der Waals surface area contributed by atoms with Crippen molar-refractivity contribution in [2.24, 2.45) is 0 Å². The molecule has 0 amide bonds. The van der Waals surface area contributed by atoms with Gasteiger partial charge in [-0.1, -0.05) is 0 Å². The van der Waals surface area contributed by atoms with Gasteiger partial charge >= 0.3 is 0 Å². The predicted octanol–water partition coefficient (Wildman–Crippen LogP) is 2.13. The number of halogens is 1. The topological polar surface area (TPSA) is 74.4 Å². The van der Waals surface area contributed by atoms with Crippen molar-refractivity contribution in [1.82, 2.24) is 4.98 Å². The number of hydrogen-bond acceptors (Lipinski definition) is 5. The van der Waals surface area contributed by atoms with Gasteiger partial charge in [0.1, 0.15) is 5.82 Å². The van der Waals surface area contributed by atoms with Crippen LogP contribution in [0.15, 0.2) is 35.4 Å². The molecule has 0 saturated heterocycles. The van der Waals surface area contributed by atoms with Crippen LogP contribution < -0.4 is 15.2 Å². The van der Waals surface area contributed by atoms with Crippen LogP contribution in [0.4, 0.5) is 10.1 Å². The minimum Gasteiger partial charge on any atom is -0.493 e. The van der Waals surface area contributed by atoms with Crippen LogP contribution in [0.25, 0.3) is 0 Å². The summed E-state index contributed by atoms with van der Waals surface area (Å²) in [5, 5.41) is 0. The molecule has 0 aliphatic heterocycles. The average molecular weight is 310 g/mol. The molecule has 1 atom stereocenters. The van der Waals surface area contributed by atoms with Crippen LogP contribution in [0.5, 0.6) is 11.5 Å². The van der Waals surface area contributed by atoms with E-state index in [1.165, 1.54) is 32.5 Å². The number of aromatic nitrogens is 1. The van der Waals surface area contributed by atoms with E-state index in [-0.39, 0.29) is 16.3 Å². The number of methoxy groups -OCH3 is 2. The fraction of sp³-hybridized carbons (Fsp3) is 0.214. The van der Waals surface area contributed by atoms with Gasteiger partial charge in [0.15, 0.2) is 11.5 Å². The molecule has 1 heterocycles. The molecular weight excluding hydrogens is 295 g/mol. The molecular formula is C14H15FN2O3S. The lowest BCUT2D eigenvalue weighted by Gasteiger charge is -2.11. The van der Waals surface area contributed by atoms with E-state index < -0.39 is 16.6 Å². The summed E-state index contributed by atoms with van der Waals surface area (Å²) in [6.07, 6.45) is 1.52. The van der Waals surface area contributed by atoms with Crippen molar-refractivity contribution < 1.29 is 18.1 Å². The first kappa shape index (κ1) is 15.2. The van der Waals surface area contributed by atoms with Crippen molar-refractivity contribution in [3.8, 4) is 11.5 Å². The van der Waals surface area contributed by atoms with Gasteiger partial charge in [-0.25, -0.2) is 4.39 Å². The SMILES string of the molecule is COc1ccnc(CS(=O)c2ccc(N)cc2F)c1OC. The Balaban J connectivity index is 2.31. The van der Waals surface area contributed by atoms with Crippen LogP contribution in [0, 0.1) is 5.82 Å². The standard InChI is InChI=1S/C14H15FN2O3S/c1-19-12-5-6-17-11(14(12)20-2)8-21(18)13-4-3-9(16)7-10(13)15/h3-7H,8,16H2,1-2H3. The zero-order valence-electron chi connectivity index (χ0n) is 11.6. The number of anilines is 1. The van der Waals surface area contributed by atoms with Crippen LogP contribution in [0.2, 0.25) is 0 Å². The largest absolute Gasteiger partial charge is 0.493 e. The van der Waals surface area contributed by atoms with E-state index in [1.807, 2.05) is 0 Å². The Morgan fingerprint density at radius 2 is 2.05 bits per heavy atom. The highest BCUT2D eigenvalue weighted by molar-refractivity contribution is 7.84. The maximum Gasteiger partial charge on any atom is 0.183 e. The molecule has 0 aliphatic rings. The minimum atomic E-state index is -1.60. The Kier molecular flexibility index (Phi) is 4.74. The summed E-state index contributed by atoms with van der Waals surface area (Å²) in [6, 6.07) is 5.69. The highest BCUT2D eigenvalue weighted by Crippen LogP contribution is 2.30. The maximum atomic E-state index is 13.8. The quantitative estimate of drug-likeness (QED) is 0.856. The normalized spacial score (nSPS) is 12.0. The number of ether oxygens (including phenoxy) is 2. The van der Waals surface area contributed by atoms with Gasteiger partial charge in [-0.2, -0.15) is 0 Å². The molecule has 21 heavy (non-hydrogen) atoms. The first-order valence-electron chi connectivity index (χ1n) is 6.06. The summed E-state index contributed by atoms with van der Waals surface area (Å²) in [5.74, 6) is 0.290. The molecule has 7 heteroatoms. The highest BCUT2D eigenvalue weighted by atomic mass is 32.2. The van der Waals surface area contributed by atoms with Gasteiger partial charge in [0.2, 0.25) is 0 Å². The molecule has 2 aromatic rings. The summed E-state index contributed by atoms with van der Waals surface area (Å²) in [7, 11) is 1.36. The van der Waals surface area contributed by atoms with E-state index >= 15 is 0 Å². The Labute approximate surface area is 124 Å². The Bertz CT molecular complexity index is 679. The first-order valence-corrected chi connectivity index (χ1v) is 7.38. The fourth-order valence-electron chi connectivity index (χ4n) is 1.86. The van der Waals surface area contributed by atoms with Gasteiger partial charge in [0, 0.05) is 18.0 Å². The van der Waals surface area contributed by atoms with E-state index in [9.17, 15) is 8.60 Å². The number of nitrogens with two attached hydrogens (primary N) is 1. The number of nitrogens with zero attached hydrogens (tertiary/aromatic N) is 1. The summed E-state index contributed by atoms with van der Waals surface area (Å²) in [4.78, 5) is 4.21. The van der Waals surface area contributed by atoms with E-state index in [1.54, 1.807) is 6.07 Å². The van der Waals surface area contributed by atoms with Crippen LogP contribution in [0.3, 0.4) is 0 Å². The summed E-state index contributed by atoms with van der Waals surface area (Å²) in [6.45, 7) is 0. The molecule has 0 saturated carbocycles. The van der Waals surface area contributed by atoms with Gasteiger partial charge in [-0.15, -0.1) is 0 Å². The second kappa shape index (κ2) is 6.53. The number of benzene rings is 1. The third kappa shape index (κ3) is 3.30. The number of rotatable bonds is 5. The van der Waals surface area contributed by atoms with Crippen molar-refractivity contribution in [3.05, 3.63) is 42.0 Å². The lowest BCUT2D eigenvalue weighted by molar-refractivity contribution is 0.350. The van der Waals surface area contributed by atoms with Crippen molar-refractivity contribution >= 4 is 16.5 Å². The van der Waals surface area contributed by atoms with Crippen molar-refractivity contribution in [1.29, 1.82) is 0 Å². The predicted molar refractivity (Wildman–Crippen MR) is 78.3 cm³/mol. The van der Waals surface area contributed by atoms with E-state index in [4.69, 9.17) is 15.2 Å². The number of nitrogen functional groups attached to an aromatic ring is 1. The molecule has 0 bridgehead atoms. The third-order valence-electron chi connectivity index (χ3n) is 2.84. The smallest absolute Gasteiger partial charge is 0.183 e. The second-order valence-electron chi connectivity index (χ2n) is 4.17. The maximum absolute atomic E-state index is 13.8. The third-order valence-corrected chi connectivity index (χ3v) is 4.19. The van der Waals surface area contributed by atoms with Gasteiger partial charge in [-0.3, -0.25) is 9.19 Å². The zero-order valence-corrected chi connectivity index (χ0v) is 12.4. The molecule has 0 aliphatic carbocycles.